The first-order valence-electron chi connectivity index (χ1n) is 5.92. The molecule has 0 saturated carbocycles. The van der Waals surface area contributed by atoms with Gasteiger partial charge in [0, 0.05) is 11.5 Å². The monoisotopic (exact) mass is 262 g/mol. The van der Waals surface area contributed by atoms with Crippen LogP contribution in [0.4, 0.5) is 0 Å². The van der Waals surface area contributed by atoms with Crippen LogP contribution in [0.5, 0.6) is 0 Å². The number of rotatable bonds is 13. The van der Waals surface area contributed by atoms with Gasteiger partial charge in [0.1, 0.15) is 6.17 Å². The molecule has 0 aliphatic carbocycles. The highest BCUT2D eigenvalue weighted by Crippen LogP contribution is 1.86. The largest absolute Gasteiger partial charge is 0.379 e. The van der Waals surface area contributed by atoms with Crippen molar-refractivity contribution in [2.45, 2.75) is 13.1 Å². The molecule has 106 valence electrons. The number of hydrogen-bond donors (Lipinski definition) is 1. The van der Waals surface area contributed by atoms with Gasteiger partial charge in [0.05, 0.1) is 46.2 Å². The second-order valence-corrected chi connectivity index (χ2v) is 3.27. The molecule has 1 atom stereocenters. The highest BCUT2D eigenvalue weighted by molar-refractivity contribution is 4.56. The lowest BCUT2D eigenvalue weighted by Crippen LogP contribution is -2.24. The van der Waals surface area contributed by atoms with Gasteiger partial charge >= 0.3 is 0 Å². The van der Waals surface area contributed by atoms with Gasteiger partial charge in [-0.3, -0.25) is 0 Å². The molecule has 0 aliphatic rings. The molecular weight excluding hydrogens is 240 g/mol. The van der Waals surface area contributed by atoms with Crippen molar-refractivity contribution in [3.63, 3.8) is 0 Å². The van der Waals surface area contributed by atoms with Crippen molar-refractivity contribution in [1.29, 1.82) is 0 Å². The average molecular weight is 262 g/mol. The van der Waals surface area contributed by atoms with Crippen LogP contribution in [0.3, 0.4) is 0 Å². The Hall–Kier alpha value is -0.890. The zero-order chi connectivity index (χ0) is 13.5. The second kappa shape index (κ2) is 14.2. The summed E-state index contributed by atoms with van der Waals surface area (Å²) in [5, 5.41) is 3.27. The topological polar surface area (TPSA) is 112 Å². The lowest BCUT2D eigenvalue weighted by Gasteiger charge is -2.08. The van der Waals surface area contributed by atoms with E-state index in [2.05, 4.69) is 10.0 Å². The van der Waals surface area contributed by atoms with Crippen molar-refractivity contribution >= 4 is 0 Å². The summed E-state index contributed by atoms with van der Waals surface area (Å²) in [5.74, 6) is 0. The summed E-state index contributed by atoms with van der Waals surface area (Å²) >= 11 is 0. The molecule has 0 bridgehead atoms. The molecule has 0 aromatic carbocycles. The average Bonchev–Trinajstić information content (AvgIpc) is 2.36. The molecule has 18 heavy (non-hydrogen) atoms. The highest BCUT2D eigenvalue weighted by Gasteiger charge is 1.97. The van der Waals surface area contributed by atoms with E-state index in [0.717, 1.165) is 0 Å². The molecule has 0 rings (SSSR count). The van der Waals surface area contributed by atoms with Gasteiger partial charge in [0.15, 0.2) is 0 Å². The summed E-state index contributed by atoms with van der Waals surface area (Å²) in [6.07, 6.45) is -0.642. The van der Waals surface area contributed by atoms with E-state index < -0.39 is 6.17 Å². The van der Waals surface area contributed by atoms with Crippen molar-refractivity contribution < 1.29 is 18.9 Å². The van der Waals surface area contributed by atoms with E-state index >= 15 is 0 Å². The van der Waals surface area contributed by atoms with Gasteiger partial charge in [-0.1, -0.05) is 5.11 Å². The van der Waals surface area contributed by atoms with E-state index in [1.165, 1.54) is 0 Å². The highest BCUT2D eigenvalue weighted by atomic mass is 16.6. The zero-order valence-corrected chi connectivity index (χ0v) is 10.8. The Kier molecular flexibility index (Phi) is 13.5. The summed E-state index contributed by atoms with van der Waals surface area (Å²) < 4.78 is 20.7. The van der Waals surface area contributed by atoms with E-state index in [9.17, 15) is 0 Å². The number of hydrogen-bond acceptors (Lipinski definition) is 6. The molecule has 0 aromatic rings. The van der Waals surface area contributed by atoms with Gasteiger partial charge in [-0.25, -0.2) is 0 Å². The zero-order valence-electron chi connectivity index (χ0n) is 10.8. The van der Waals surface area contributed by atoms with E-state index in [4.69, 9.17) is 30.2 Å². The third kappa shape index (κ3) is 13.2. The predicted octanol–water partition coefficient (Wildman–Crippen LogP) is 0.668. The maximum Gasteiger partial charge on any atom is 0.107 e. The van der Waals surface area contributed by atoms with Gasteiger partial charge in [-0.15, -0.1) is 0 Å². The summed E-state index contributed by atoms with van der Waals surface area (Å²) in [5.41, 5.74) is 13.5. The Bertz CT molecular complexity index is 224. The number of nitrogens with two attached hydrogens (primary N) is 1. The molecule has 0 aromatic heterocycles. The Morgan fingerprint density at radius 2 is 1.50 bits per heavy atom. The smallest absolute Gasteiger partial charge is 0.107 e. The first-order valence-corrected chi connectivity index (χ1v) is 5.92. The van der Waals surface area contributed by atoms with Crippen LogP contribution in [0.25, 0.3) is 10.4 Å². The van der Waals surface area contributed by atoms with Crippen LogP contribution in [0.1, 0.15) is 6.92 Å². The number of nitrogens with zero attached hydrogens (tertiary/aromatic N) is 3. The van der Waals surface area contributed by atoms with Crippen molar-refractivity contribution in [2.24, 2.45) is 10.8 Å². The van der Waals surface area contributed by atoms with E-state index in [1.54, 1.807) is 0 Å². The first-order chi connectivity index (χ1) is 8.81. The Labute approximate surface area is 107 Å². The number of ether oxygens (including phenoxy) is 4. The second-order valence-electron chi connectivity index (χ2n) is 3.27. The lowest BCUT2D eigenvalue weighted by molar-refractivity contribution is -0.00171. The SMILES string of the molecule is CCOCCOCCOCCOCC(N)N=[N+]=[N-]. The minimum atomic E-state index is -0.642. The minimum absolute atomic E-state index is 0.193. The van der Waals surface area contributed by atoms with Crippen LogP contribution in [0, 0.1) is 0 Å². The molecule has 8 nitrogen and oxygen atoms in total. The Morgan fingerprint density at radius 3 is 2.00 bits per heavy atom. The van der Waals surface area contributed by atoms with Crippen molar-refractivity contribution in [3.05, 3.63) is 10.4 Å². The van der Waals surface area contributed by atoms with Crippen molar-refractivity contribution in [3.8, 4) is 0 Å². The Morgan fingerprint density at radius 1 is 1.00 bits per heavy atom. The molecule has 1 unspecified atom stereocenters. The fraction of sp³-hybridized carbons (Fsp3) is 1.00. The molecule has 0 aliphatic heterocycles. The molecule has 2 N–H and O–H groups in total. The van der Waals surface area contributed by atoms with E-state index in [0.29, 0.717) is 46.2 Å². The first kappa shape index (κ1) is 17.1. The fourth-order valence-corrected chi connectivity index (χ4v) is 1.01. The molecular formula is C10H22N4O4. The lowest BCUT2D eigenvalue weighted by atomic mass is 10.6. The molecule has 0 heterocycles. The fourth-order valence-electron chi connectivity index (χ4n) is 1.01. The van der Waals surface area contributed by atoms with Gasteiger partial charge < -0.3 is 24.7 Å². The van der Waals surface area contributed by atoms with Crippen molar-refractivity contribution in [2.75, 3.05) is 52.9 Å². The van der Waals surface area contributed by atoms with Crippen LogP contribution >= 0.6 is 0 Å². The van der Waals surface area contributed by atoms with Gasteiger partial charge in [0.2, 0.25) is 0 Å². The van der Waals surface area contributed by atoms with Crippen molar-refractivity contribution in [1.82, 2.24) is 0 Å². The molecule has 0 spiro atoms. The summed E-state index contributed by atoms with van der Waals surface area (Å²) in [6, 6.07) is 0. The third-order valence-corrected chi connectivity index (χ3v) is 1.81. The summed E-state index contributed by atoms with van der Waals surface area (Å²) in [4.78, 5) is 2.57. The predicted molar refractivity (Wildman–Crippen MR) is 66.1 cm³/mol. The van der Waals surface area contributed by atoms with Crippen LogP contribution in [0.2, 0.25) is 0 Å². The van der Waals surface area contributed by atoms with E-state index in [-0.39, 0.29) is 6.61 Å². The molecule has 0 radical (unpaired) electrons. The minimum Gasteiger partial charge on any atom is -0.379 e. The summed E-state index contributed by atoms with van der Waals surface area (Å²) in [6.45, 7) is 5.94. The quantitative estimate of drug-likeness (QED) is 0.227. The van der Waals surface area contributed by atoms with Crippen LogP contribution in [0.15, 0.2) is 5.11 Å². The van der Waals surface area contributed by atoms with Gasteiger partial charge in [-0.2, -0.15) is 0 Å². The Balaban J connectivity index is 3.05. The molecule has 0 fully saturated rings. The van der Waals surface area contributed by atoms with Crippen LogP contribution < -0.4 is 5.73 Å². The van der Waals surface area contributed by atoms with Crippen LogP contribution in [-0.2, 0) is 18.9 Å². The van der Waals surface area contributed by atoms with Crippen LogP contribution in [-0.4, -0.2) is 59.0 Å². The standard InChI is InChI=1S/C10H22N4O4/c1-2-15-3-4-16-5-6-17-7-8-18-9-10(11)13-14-12/h10H,2-9,11H2,1H3. The van der Waals surface area contributed by atoms with E-state index in [1.807, 2.05) is 6.92 Å². The maximum atomic E-state index is 8.09. The maximum absolute atomic E-state index is 8.09. The molecule has 0 saturated heterocycles. The van der Waals surface area contributed by atoms with Gasteiger partial charge in [0.25, 0.3) is 0 Å². The molecule has 8 heteroatoms. The normalized spacial score (nSPS) is 12.1. The van der Waals surface area contributed by atoms with Gasteiger partial charge in [-0.05, 0) is 12.5 Å². The summed E-state index contributed by atoms with van der Waals surface area (Å²) in [7, 11) is 0. The number of azide groups is 1. The third-order valence-electron chi connectivity index (χ3n) is 1.81. The molecule has 0 amide bonds.